The first-order valence-corrected chi connectivity index (χ1v) is 5.48. The van der Waals surface area contributed by atoms with E-state index in [-0.39, 0.29) is 11.3 Å². The average molecular weight is 301 g/mol. The quantitative estimate of drug-likeness (QED) is 0.651. The molecule has 2 N–H and O–H groups in total. The molecule has 0 saturated carbocycles. The number of carbonyl (C=O) groups excluding carboxylic acids is 1. The van der Waals surface area contributed by atoms with Crippen molar-refractivity contribution in [2.75, 3.05) is 5.32 Å². The summed E-state index contributed by atoms with van der Waals surface area (Å²) in [4.78, 5) is 11.6. The molecule has 0 aliphatic rings. The molecule has 1 amide bonds. The zero-order valence-electron chi connectivity index (χ0n) is 9.21. The monoisotopic (exact) mass is 300 g/mol. The van der Waals surface area contributed by atoms with Gasteiger partial charge in [0, 0.05) is 6.07 Å². The van der Waals surface area contributed by atoms with Gasteiger partial charge in [0.05, 0.1) is 15.6 Å². The van der Waals surface area contributed by atoms with Gasteiger partial charge >= 0.3 is 0 Å². The van der Waals surface area contributed by atoms with Crippen LogP contribution in [0.3, 0.4) is 0 Å². The second kappa shape index (κ2) is 4.72. The molecule has 0 bridgehead atoms. The Morgan fingerprint density at radius 2 is 2.18 bits per heavy atom. The summed E-state index contributed by atoms with van der Waals surface area (Å²) in [5.41, 5.74) is -0.244. The van der Waals surface area contributed by atoms with E-state index < -0.39 is 21.8 Å². The lowest BCUT2D eigenvalue weighted by molar-refractivity contribution is -0.117. The van der Waals surface area contributed by atoms with Gasteiger partial charge in [0.1, 0.15) is 17.6 Å². The van der Waals surface area contributed by atoms with Gasteiger partial charge in [0.25, 0.3) is 0 Å². The molecular weight excluding hydrogens is 291 g/mol. The van der Waals surface area contributed by atoms with Crippen molar-refractivity contribution in [3.05, 3.63) is 23.5 Å². The number of benzene rings is 1. The van der Waals surface area contributed by atoms with Crippen molar-refractivity contribution < 1.29 is 14.3 Å². The summed E-state index contributed by atoms with van der Waals surface area (Å²) in [6, 6.07) is 3.50. The molecule has 0 aliphatic carbocycles. The summed E-state index contributed by atoms with van der Waals surface area (Å²) in [7, 11) is 0. The second-order valence-corrected chi connectivity index (χ2v) is 5.87. The molecule has 90 valence electrons. The van der Waals surface area contributed by atoms with Crippen LogP contribution in [0.4, 0.5) is 10.1 Å². The minimum absolute atomic E-state index is 0.000440. The number of halogens is 2. The van der Waals surface area contributed by atoms with Crippen LogP contribution >= 0.6 is 15.9 Å². The van der Waals surface area contributed by atoms with Crippen LogP contribution in [-0.4, -0.2) is 15.3 Å². The Morgan fingerprint density at radius 3 is 2.65 bits per heavy atom. The summed E-state index contributed by atoms with van der Waals surface area (Å²) < 4.78 is 12.3. The largest absolute Gasteiger partial charge is 0.506 e. The molecule has 0 atom stereocenters. The highest BCUT2D eigenvalue weighted by Gasteiger charge is 2.24. The van der Waals surface area contributed by atoms with E-state index in [4.69, 9.17) is 5.26 Å². The lowest BCUT2D eigenvalue weighted by Crippen LogP contribution is -2.31. The van der Waals surface area contributed by atoms with Gasteiger partial charge in [-0.2, -0.15) is 5.26 Å². The second-order valence-electron chi connectivity index (χ2n) is 3.89. The number of hydrogen-bond donors (Lipinski definition) is 2. The normalized spacial score (nSPS) is 10.8. The molecule has 0 aliphatic heterocycles. The number of aromatic hydroxyl groups is 1. The van der Waals surface area contributed by atoms with Gasteiger partial charge in [0.15, 0.2) is 0 Å². The van der Waals surface area contributed by atoms with E-state index in [0.29, 0.717) is 0 Å². The standard InChI is InChI=1S/C11H10BrFN2O2/c1-11(2,12)10(17)15-8-3-6(5-14)7(13)4-9(8)16/h3-4,16H,1-2H3,(H,15,17). The Hall–Kier alpha value is -1.61. The van der Waals surface area contributed by atoms with Gasteiger partial charge in [-0.25, -0.2) is 4.39 Å². The molecule has 17 heavy (non-hydrogen) atoms. The maximum atomic E-state index is 13.1. The van der Waals surface area contributed by atoms with Crippen molar-refractivity contribution in [1.29, 1.82) is 5.26 Å². The number of phenols is 1. The number of phenolic OH excluding ortho intramolecular Hbond substituents is 1. The van der Waals surface area contributed by atoms with Crippen LogP contribution in [0.5, 0.6) is 5.75 Å². The van der Waals surface area contributed by atoms with Crippen molar-refractivity contribution in [3.8, 4) is 11.8 Å². The topological polar surface area (TPSA) is 73.1 Å². The zero-order valence-corrected chi connectivity index (χ0v) is 10.8. The maximum Gasteiger partial charge on any atom is 0.240 e. The number of hydrogen-bond acceptors (Lipinski definition) is 3. The first-order valence-electron chi connectivity index (χ1n) is 4.68. The fourth-order valence-electron chi connectivity index (χ4n) is 1.02. The van der Waals surface area contributed by atoms with Crippen LogP contribution in [0.25, 0.3) is 0 Å². The third-order valence-electron chi connectivity index (χ3n) is 1.99. The predicted octanol–water partition coefficient (Wildman–Crippen LogP) is 2.51. The summed E-state index contributed by atoms with van der Waals surface area (Å²) in [6.07, 6.45) is 0. The number of nitrogens with one attached hydrogen (secondary N) is 1. The number of nitrogens with zero attached hydrogens (tertiary/aromatic N) is 1. The van der Waals surface area contributed by atoms with E-state index in [0.717, 1.165) is 12.1 Å². The van der Waals surface area contributed by atoms with E-state index in [1.165, 1.54) is 0 Å². The Balaban J connectivity index is 3.09. The van der Waals surface area contributed by atoms with E-state index in [9.17, 15) is 14.3 Å². The van der Waals surface area contributed by atoms with Gasteiger partial charge in [-0.1, -0.05) is 15.9 Å². The average Bonchev–Trinajstić information content (AvgIpc) is 2.20. The molecule has 0 unspecified atom stereocenters. The molecule has 1 aromatic rings. The molecule has 0 saturated heterocycles. The molecule has 1 rings (SSSR count). The molecule has 1 aromatic carbocycles. The van der Waals surface area contributed by atoms with Crippen molar-refractivity contribution in [3.63, 3.8) is 0 Å². The Kier molecular flexibility index (Phi) is 3.73. The number of amides is 1. The van der Waals surface area contributed by atoms with E-state index in [1.807, 2.05) is 0 Å². The maximum absolute atomic E-state index is 13.1. The Bertz CT molecular complexity index is 503. The van der Waals surface area contributed by atoms with Crippen molar-refractivity contribution in [2.24, 2.45) is 0 Å². The van der Waals surface area contributed by atoms with Crippen LogP contribution in [0.2, 0.25) is 0 Å². The van der Waals surface area contributed by atoms with E-state index in [2.05, 4.69) is 21.2 Å². The highest BCUT2D eigenvalue weighted by molar-refractivity contribution is 9.10. The first-order chi connectivity index (χ1) is 7.75. The van der Waals surface area contributed by atoms with Crippen LogP contribution in [-0.2, 0) is 4.79 Å². The molecular formula is C11H10BrFN2O2. The molecule has 0 spiro atoms. The van der Waals surface area contributed by atoms with Gasteiger partial charge in [-0.05, 0) is 19.9 Å². The van der Waals surface area contributed by atoms with Crippen LogP contribution in [0, 0.1) is 17.1 Å². The summed E-state index contributed by atoms with van der Waals surface area (Å²) >= 11 is 3.14. The summed E-state index contributed by atoms with van der Waals surface area (Å²) in [5.74, 6) is -1.67. The summed E-state index contributed by atoms with van der Waals surface area (Å²) in [5, 5.41) is 20.5. The van der Waals surface area contributed by atoms with Crippen molar-refractivity contribution in [1.82, 2.24) is 0 Å². The number of anilines is 1. The SMILES string of the molecule is CC(C)(Br)C(=O)Nc1cc(C#N)c(F)cc1O. The van der Waals surface area contributed by atoms with Crippen LogP contribution < -0.4 is 5.32 Å². The molecule has 6 heteroatoms. The van der Waals surface area contributed by atoms with Gasteiger partial charge in [-0.15, -0.1) is 0 Å². The van der Waals surface area contributed by atoms with Crippen LogP contribution in [0.1, 0.15) is 19.4 Å². The minimum atomic E-state index is -0.833. The fraction of sp³-hybridized carbons (Fsp3) is 0.273. The van der Waals surface area contributed by atoms with Gasteiger partial charge in [-0.3, -0.25) is 4.79 Å². The third-order valence-corrected chi connectivity index (χ3v) is 2.35. The highest BCUT2D eigenvalue weighted by Crippen LogP contribution is 2.28. The van der Waals surface area contributed by atoms with E-state index >= 15 is 0 Å². The van der Waals surface area contributed by atoms with Gasteiger partial charge < -0.3 is 10.4 Å². The minimum Gasteiger partial charge on any atom is -0.506 e. The van der Waals surface area contributed by atoms with Gasteiger partial charge in [0.2, 0.25) is 5.91 Å². The molecule has 0 fully saturated rings. The molecule has 4 nitrogen and oxygen atoms in total. The molecule has 0 radical (unpaired) electrons. The van der Waals surface area contributed by atoms with Crippen molar-refractivity contribution >= 4 is 27.5 Å². The lowest BCUT2D eigenvalue weighted by atomic mass is 10.1. The number of carbonyl (C=O) groups is 1. The Morgan fingerprint density at radius 1 is 1.59 bits per heavy atom. The predicted molar refractivity (Wildman–Crippen MR) is 64.4 cm³/mol. The van der Waals surface area contributed by atoms with Crippen molar-refractivity contribution in [2.45, 2.75) is 18.2 Å². The lowest BCUT2D eigenvalue weighted by Gasteiger charge is -2.16. The molecule has 0 aromatic heterocycles. The summed E-state index contributed by atoms with van der Waals surface area (Å²) in [6.45, 7) is 3.24. The first kappa shape index (κ1) is 13.5. The number of rotatable bonds is 2. The third kappa shape index (κ3) is 3.17. The fourth-order valence-corrected chi connectivity index (χ4v) is 1.12. The smallest absolute Gasteiger partial charge is 0.240 e. The number of nitriles is 1. The number of alkyl halides is 1. The van der Waals surface area contributed by atoms with E-state index in [1.54, 1.807) is 19.9 Å². The Labute approximate surface area is 106 Å². The molecule has 0 heterocycles. The van der Waals surface area contributed by atoms with Crippen LogP contribution in [0.15, 0.2) is 12.1 Å². The zero-order chi connectivity index (χ0) is 13.2. The highest BCUT2D eigenvalue weighted by atomic mass is 79.9.